The van der Waals surface area contributed by atoms with Crippen molar-refractivity contribution >= 4 is 0 Å². The second kappa shape index (κ2) is 5.29. The van der Waals surface area contributed by atoms with Crippen molar-refractivity contribution < 1.29 is 20.1 Å². The number of aliphatic hydroxyl groups is 3. The summed E-state index contributed by atoms with van der Waals surface area (Å²) in [5.74, 6) is 0.132. The molecule has 1 heterocycles. The molecular weight excluding hydrogens is 304 g/mol. The van der Waals surface area contributed by atoms with Gasteiger partial charge in [-0.3, -0.25) is 0 Å². The van der Waals surface area contributed by atoms with Gasteiger partial charge in [0, 0.05) is 0 Å². The number of fused-ring (bicyclic) bond motifs is 3. The topological polar surface area (TPSA) is 69.9 Å². The Balaban J connectivity index is 2.06. The molecule has 3 aliphatic rings. The Morgan fingerprint density at radius 2 is 1.79 bits per heavy atom. The third-order valence-corrected chi connectivity index (χ3v) is 7.74. The van der Waals surface area contributed by atoms with Gasteiger partial charge in [-0.15, -0.1) is 6.58 Å². The van der Waals surface area contributed by atoms with Gasteiger partial charge in [-0.05, 0) is 55.8 Å². The quantitative estimate of drug-likeness (QED) is 0.677. The summed E-state index contributed by atoms with van der Waals surface area (Å²) in [5.41, 5.74) is -2.11. The van der Waals surface area contributed by atoms with Crippen LogP contribution in [-0.2, 0) is 4.74 Å². The standard InChI is InChI=1S/C20H34O4/c1-7-19(5,23)13-11-12-18(4)10-8-9-17(2,3)15(18)14(21)16(22)20(12,6)24-13/h7,12-16,21-23H,1,8-11H2,2-6H3/t12-,13-,14+,15+,16+,18+,19-,20+/m1/s1. The fraction of sp³-hybridized carbons (Fsp3) is 0.900. The number of rotatable bonds is 2. The van der Waals surface area contributed by atoms with E-state index in [1.165, 1.54) is 6.08 Å². The summed E-state index contributed by atoms with van der Waals surface area (Å²) in [5, 5.41) is 32.6. The lowest BCUT2D eigenvalue weighted by atomic mass is 9.44. The minimum Gasteiger partial charge on any atom is -0.390 e. The molecule has 0 aromatic heterocycles. The Hall–Kier alpha value is -0.420. The van der Waals surface area contributed by atoms with E-state index in [2.05, 4.69) is 27.4 Å². The second-order valence-electron chi connectivity index (χ2n) is 9.77. The van der Waals surface area contributed by atoms with Crippen LogP contribution in [0.2, 0.25) is 0 Å². The highest BCUT2D eigenvalue weighted by Gasteiger charge is 2.69. The van der Waals surface area contributed by atoms with Crippen LogP contribution in [-0.4, -0.2) is 44.8 Å². The molecule has 4 nitrogen and oxygen atoms in total. The summed E-state index contributed by atoms with van der Waals surface area (Å²) in [6.45, 7) is 14.0. The molecule has 3 N–H and O–H groups in total. The Bertz CT molecular complexity index is 528. The van der Waals surface area contributed by atoms with Crippen LogP contribution >= 0.6 is 0 Å². The lowest BCUT2D eigenvalue weighted by Gasteiger charge is -2.63. The molecule has 2 aliphatic carbocycles. The van der Waals surface area contributed by atoms with Crippen LogP contribution in [0.5, 0.6) is 0 Å². The number of hydrogen-bond donors (Lipinski definition) is 3. The third-order valence-electron chi connectivity index (χ3n) is 7.74. The zero-order valence-electron chi connectivity index (χ0n) is 15.7. The first-order chi connectivity index (χ1) is 10.9. The molecule has 3 rings (SSSR count). The summed E-state index contributed by atoms with van der Waals surface area (Å²) in [4.78, 5) is 0. The molecule has 0 spiro atoms. The predicted octanol–water partition coefficient (Wildman–Crippen LogP) is 2.66. The molecule has 2 saturated carbocycles. The predicted molar refractivity (Wildman–Crippen MR) is 93.4 cm³/mol. The van der Waals surface area contributed by atoms with E-state index in [1.54, 1.807) is 6.92 Å². The van der Waals surface area contributed by atoms with Crippen molar-refractivity contribution in [2.45, 2.75) is 89.8 Å². The van der Waals surface area contributed by atoms with Gasteiger partial charge in [0.25, 0.3) is 0 Å². The van der Waals surface area contributed by atoms with Gasteiger partial charge in [0.05, 0.1) is 17.8 Å². The monoisotopic (exact) mass is 338 g/mol. The summed E-state index contributed by atoms with van der Waals surface area (Å²) in [6.07, 6.45) is 3.26. The van der Waals surface area contributed by atoms with Crippen molar-refractivity contribution in [3.05, 3.63) is 12.7 Å². The van der Waals surface area contributed by atoms with Crippen molar-refractivity contribution in [3.8, 4) is 0 Å². The van der Waals surface area contributed by atoms with E-state index < -0.39 is 29.5 Å². The van der Waals surface area contributed by atoms with Crippen molar-refractivity contribution in [2.24, 2.45) is 22.7 Å². The fourth-order valence-electron chi connectivity index (χ4n) is 6.47. The van der Waals surface area contributed by atoms with Crippen molar-refractivity contribution in [1.82, 2.24) is 0 Å². The van der Waals surface area contributed by atoms with E-state index in [0.29, 0.717) is 6.42 Å². The molecule has 0 aromatic rings. The van der Waals surface area contributed by atoms with Crippen LogP contribution in [0, 0.1) is 22.7 Å². The highest BCUT2D eigenvalue weighted by atomic mass is 16.5. The fourth-order valence-corrected chi connectivity index (χ4v) is 6.47. The van der Waals surface area contributed by atoms with Gasteiger partial charge < -0.3 is 20.1 Å². The van der Waals surface area contributed by atoms with E-state index in [4.69, 9.17) is 4.74 Å². The molecular formula is C20H34O4. The Kier molecular flexibility index (Phi) is 4.05. The van der Waals surface area contributed by atoms with E-state index in [1.807, 2.05) is 6.92 Å². The van der Waals surface area contributed by atoms with Crippen LogP contribution in [0.1, 0.15) is 60.3 Å². The summed E-state index contributed by atoms with van der Waals surface area (Å²) in [6, 6.07) is 0. The molecule has 8 atom stereocenters. The van der Waals surface area contributed by atoms with E-state index in [0.717, 1.165) is 19.3 Å². The summed E-state index contributed by atoms with van der Waals surface area (Å²) >= 11 is 0. The van der Waals surface area contributed by atoms with E-state index in [9.17, 15) is 15.3 Å². The zero-order valence-corrected chi connectivity index (χ0v) is 15.7. The van der Waals surface area contributed by atoms with Crippen LogP contribution in [0.4, 0.5) is 0 Å². The highest BCUT2D eigenvalue weighted by molar-refractivity contribution is 5.19. The Morgan fingerprint density at radius 3 is 2.38 bits per heavy atom. The molecule has 4 heteroatoms. The highest BCUT2D eigenvalue weighted by Crippen LogP contribution is 2.66. The lowest BCUT2D eigenvalue weighted by molar-refractivity contribution is -0.262. The molecule has 1 saturated heterocycles. The smallest absolute Gasteiger partial charge is 0.109 e. The average molecular weight is 338 g/mol. The van der Waals surface area contributed by atoms with Gasteiger partial charge in [0.1, 0.15) is 11.7 Å². The van der Waals surface area contributed by atoms with E-state index in [-0.39, 0.29) is 22.7 Å². The van der Waals surface area contributed by atoms with Gasteiger partial charge in [-0.25, -0.2) is 0 Å². The normalized spacial score (nSPS) is 52.9. The van der Waals surface area contributed by atoms with Gasteiger partial charge >= 0.3 is 0 Å². The molecule has 0 radical (unpaired) electrons. The minimum absolute atomic E-state index is 0.0201. The first kappa shape index (κ1) is 18.4. The SMILES string of the molecule is C=C[C@@](C)(O)[C@H]1C[C@@H]2[C@]3(C)CCCC(C)(C)[C@@H]3[C@H](O)[C@H](O)[C@@]2(C)O1. The van der Waals surface area contributed by atoms with Crippen LogP contribution in [0.25, 0.3) is 0 Å². The van der Waals surface area contributed by atoms with Crippen molar-refractivity contribution in [1.29, 1.82) is 0 Å². The third kappa shape index (κ3) is 2.26. The molecule has 0 aromatic carbocycles. The average Bonchev–Trinajstić information content (AvgIpc) is 2.85. The van der Waals surface area contributed by atoms with Crippen molar-refractivity contribution in [2.75, 3.05) is 0 Å². The number of aliphatic hydroxyl groups excluding tert-OH is 2. The van der Waals surface area contributed by atoms with Gasteiger partial charge in [0.15, 0.2) is 0 Å². The van der Waals surface area contributed by atoms with Gasteiger partial charge in [-0.1, -0.05) is 33.3 Å². The Labute approximate surface area is 145 Å². The maximum Gasteiger partial charge on any atom is 0.109 e. The molecule has 0 unspecified atom stereocenters. The van der Waals surface area contributed by atoms with Crippen LogP contribution < -0.4 is 0 Å². The van der Waals surface area contributed by atoms with Gasteiger partial charge in [-0.2, -0.15) is 0 Å². The van der Waals surface area contributed by atoms with Crippen molar-refractivity contribution in [3.63, 3.8) is 0 Å². The van der Waals surface area contributed by atoms with Crippen LogP contribution in [0.15, 0.2) is 12.7 Å². The second-order valence-corrected chi connectivity index (χ2v) is 9.77. The first-order valence-electron chi connectivity index (χ1n) is 9.30. The molecule has 0 amide bonds. The molecule has 0 bridgehead atoms. The molecule has 1 aliphatic heterocycles. The Morgan fingerprint density at radius 1 is 1.17 bits per heavy atom. The zero-order chi connectivity index (χ0) is 18.1. The molecule has 24 heavy (non-hydrogen) atoms. The lowest BCUT2D eigenvalue weighted by Crippen LogP contribution is -2.68. The molecule has 3 fully saturated rings. The number of ether oxygens (including phenoxy) is 1. The summed E-state index contributed by atoms with van der Waals surface area (Å²) in [7, 11) is 0. The first-order valence-corrected chi connectivity index (χ1v) is 9.30. The summed E-state index contributed by atoms with van der Waals surface area (Å²) < 4.78 is 6.24. The maximum absolute atomic E-state index is 11.0. The van der Waals surface area contributed by atoms with E-state index >= 15 is 0 Å². The van der Waals surface area contributed by atoms with Gasteiger partial charge in [0.2, 0.25) is 0 Å². The van der Waals surface area contributed by atoms with Crippen LogP contribution in [0.3, 0.4) is 0 Å². The minimum atomic E-state index is -1.14. The largest absolute Gasteiger partial charge is 0.390 e. The molecule has 138 valence electrons. The maximum atomic E-state index is 11.0. The number of hydrogen-bond acceptors (Lipinski definition) is 4.